The van der Waals surface area contributed by atoms with Crippen LogP contribution < -0.4 is 25.3 Å². The summed E-state index contributed by atoms with van der Waals surface area (Å²) in [4.78, 5) is 11.5. The number of amides is 1. The van der Waals surface area contributed by atoms with Gasteiger partial charge in [0.1, 0.15) is 13.2 Å². The van der Waals surface area contributed by atoms with E-state index in [0.717, 1.165) is 42.9 Å². The molecule has 27 heavy (non-hydrogen) atoms. The zero-order valence-corrected chi connectivity index (χ0v) is 15.4. The average Bonchev–Trinajstić information content (AvgIpc) is 3.11. The molecule has 3 N–H and O–H groups in total. The molecule has 0 saturated carbocycles. The Labute approximate surface area is 157 Å². The Morgan fingerprint density at radius 2 is 2.26 bits per heavy atom. The van der Waals surface area contributed by atoms with Crippen LogP contribution in [0, 0.1) is 5.92 Å². The lowest BCUT2D eigenvalue weighted by Crippen LogP contribution is -2.30. The Balaban J connectivity index is 1.38. The molecule has 1 aromatic carbocycles. The van der Waals surface area contributed by atoms with Crippen LogP contribution in [0.5, 0.6) is 17.2 Å². The number of fused-ring (bicyclic) bond motifs is 2. The molecule has 1 aromatic heterocycles. The van der Waals surface area contributed by atoms with Crippen molar-refractivity contribution in [3.05, 3.63) is 35.2 Å². The quantitative estimate of drug-likeness (QED) is 0.788. The van der Waals surface area contributed by atoms with Gasteiger partial charge in [-0.2, -0.15) is 5.10 Å². The molecule has 8 heteroatoms. The Hall–Kier alpha value is -2.74. The minimum Gasteiger partial charge on any atom is -0.493 e. The van der Waals surface area contributed by atoms with Gasteiger partial charge in [0.25, 0.3) is 5.91 Å². The van der Waals surface area contributed by atoms with Gasteiger partial charge in [0.15, 0.2) is 11.5 Å². The number of nitrogens with two attached hydrogens (primary N) is 1. The number of rotatable bonds is 6. The summed E-state index contributed by atoms with van der Waals surface area (Å²) < 4.78 is 18.6. The van der Waals surface area contributed by atoms with Crippen molar-refractivity contribution < 1.29 is 19.0 Å². The summed E-state index contributed by atoms with van der Waals surface area (Å²) in [7, 11) is 1.63. The summed E-state index contributed by atoms with van der Waals surface area (Å²) in [6.45, 7) is 3.44. The maximum absolute atomic E-state index is 11.5. The summed E-state index contributed by atoms with van der Waals surface area (Å²) in [6.07, 6.45) is 3.40. The molecule has 0 bridgehead atoms. The van der Waals surface area contributed by atoms with E-state index >= 15 is 0 Å². The second-order valence-electron chi connectivity index (χ2n) is 6.90. The SMILES string of the molecule is COc1cc(CNC[C@H]2CCn3ncc(C(N)=O)c3C2)cc2c1OCCO2. The third-order valence-electron chi connectivity index (χ3n) is 5.10. The van der Waals surface area contributed by atoms with Crippen LogP contribution in [0.4, 0.5) is 0 Å². The molecule has 3 heterocycles. The molecule has 8 nitrogen and oxygen atoms in total. The van der Waals surface area contributed by atoms with Crippen molar-refractivity contribution in [1.29, 1.82) is 0 Å². The molecule has 2 aliphatic heterocycles. The predicted octanol–water partition coefficient (Wildman–Crippen LogP) is 1.11. The molecule has 0 spiro atoms. The summed E-state index contributed by atoms with van der Waals surface area (Å²) >= 11 is 0. The number of aromatic nitrogens is 2. The Kier molecular flexibility index (Phi) is 4.89. The number of methoxy groups -OCH3 is 1. The number of hydrogen-bond acceptors (Lipinski definition) is 6. The predicted molar refractivity (Wildman–Crippen MR) is 98.2 cm³/mol. The molecule has 4 rings (SSSR count). The van der Waals surface area contributed by atoms with Crippen molar-refractivity contribution in [3.63, 3.8) is 0 Å². The normalized spacial score (nSPS) is 18.0. The molecule has 0 fully saturated rings. The van der Waals surface area contributed by atoms with Gasteiger partial charge in [-0.1, -0.05) is 0 Å². The molecular formula is C19H24N4O4. The van der Waals surface area contributed by atoms with Crippen LogP contribution in [0.15, 0.2) is 18.3 Å². The van der Waals surface area contributed by atoms with E-state index in [9.17, 15) is 4.79 Å². The van der Waals surface area contributed by atoms with Gasteiger partial charge in [-0.3, -0.25) is 9.48 Å². The maximum Gasteiger partial charge on any atom is 0.252 e. The topological polar surface area (TPSA) is 101 Å². The molecule has 144 valence electrons. The van der Waals surface area contributed by atoms with E-state index < -0.39 is 5.91 Å². The van der Waals surface area contributed by atoms with Gasteiger partial charge in [-0.05, 0) is 43.0 Å². The zero-order chi connectivity index (χ0) is 18.8. The van der Waals surface area contributed by atoms with E-state index in [0.29, 0.717) is 42.7 Å². The van der Waals surface area contributed by atoms with Gasteiger partial charge < -0.3 is 25.3 Å². The first-order valence-corrected chi connectivity index (χ1v) is 9.17. The number of nitrogens with zero attached hydrogens (tertiary/aromatic N) is 2. The molecule has 0 aliphatic carbocycles. The largest absolute Gasteiger partial charge is 0.493 e. The molecule has 0 radical (unpaired) electrons. The Bertz CT molecular complexity index is 831. The zero-order valence-electron chi connectivity index (χ0n) is 15.4. The first kappa shape index (κ1) is 17.7. The monoisotopic (exact) mass is 372 g/mol. The number of benzene rings is 1. The minimum absolute atomic E-state index is 0.409. The highest BCUT2D eigenvalue weighted by molar-refractivity contribution is 5.93. The molecule has 0 unspecified atom stereocenters. The van der Waals surface area contributed by atoms with Crippen LogP contribution in [0.2, 0.25) is 0 Å². The number of primary amides is 1. The van der Waals surface area contributed by atoms with E-state index in [-0.39, 0.29) is 0 Å². The van der Waals surface area contributed by atoms with E-state index in [4.69, 9.17) is 19.9 Å². The first-order chi connectivity index (χ1) is 13.2. The number of carbonyl (C=O) groups is 1. The summed E-state index contributed by atoms with van der Waals surface area (Å²) in [5.74, 6) is 2.12. The minimum atomic E-state index is -0.409. The second-order valence-corrected chi connectivity index (χ2v) is 6.90. The highest BCUT2D eigenvalue weighted by Crippen LogP contribution is 2.40. The van der Waals surface area contributed by atoms with Crippen LogP contribution >= 0.6 is 0 Å². The third-order valence-corrected chi connectivity index (χ3v) is 5.10. The van der Waals surface area contributed by atoms with Gasteiger partial charge in [-0.15, -0.1) is 0 Å². The highest BCUT2D eigenvalue weighted by Gasteiger charge is 2.24. The van der Waals surface area contributed by atoms with Crippen molar-refractivity contribution in [2.75, 3.05) is 26.9 Å². The molecule has 2 aromatic rings. The lowest BCUT2D eigenvalue weighted by atomic mass is 9.94. The fraction of sp³-hybridized carbons (Fsp3) is 0.474. The average molecular weight is 372 g/mol. The van der Waals surface area contributed by atoms with Crippen LogP contribution in [0.25, 0.3) is 0 Å². The van der Waals surface area contributed by atoms with Crippen LogP contribution in [0.3, 0.4) is 0 Å². The third kappa shape index (κ3) is 3.57. The molecule has 1 atom stereocenters. The van der Waals surface area contributed by atoms with Crippen molar-refractivity contribution >= 4 is 5.91 Å². The lowest BCUT2D eigenvalue weighted by Gasteiger charge is -2.24. The van der Waals surface area contributed by atoms with Gasteiger partial charge in [0.2, 0.25) is 5.75 Å². The molecule has 2 aliphatic rings. The summed E-state index contributed by atoms with van der Waals surface area (Å²) in [6, 6.07) is 3.97. The van der Waals surface area contributed by atoms with Gasteiger partial charge >= 0.3 is 0 Å². The fourth-order valence-corrected chi connectivity index (χ4v) is 3.73. The van der Waals surface area contributed by atoms with Crippen molar-refractivity contribution in [1.82, 2.24) is 15.1 Å². The van der Waals surface area contributed by atoms with Crippen molar-refractivity contribution in [2.24, 2.45) is 11.7 Å². The van der Waals surface area contributed by atoms with E-state index in [1.165, 1.54) is 0 Å². The fourth-order valence-electron chi connectivity index (χ4n) is 3.73. The smallest absolute Gasteiger partial charge is 0.252 e. The Morgan fingerprint density at radius 1 is 1.41 bits per heavy atom. The van der Waals surface area contributed by atoms with Crippen molar-refractivity contribution in [2.45, 2.75) is 25.9 Å². The highest BCUT2D eigenvalue weighted by atomic mass is 16.6. The number of carbonyl (C=O) groups excluding carboxylic acids is 1. The standard InChI is InChI=1S/C19H24N4O4/c1-25-16-7-13(8-17-18(16)27-5-4-26-17)10-21-9-12-2-3-23-15(6-12)14(11-22-23)19(20)24/h7-8,11-12,21H,2-6,9-10H2,1H3,(H2,20,24)/t12-/m0/s1. The van der Waals surface area contributed by atoms with Gasteiger partial charge in [0.05, 0.1) is 24.6 Å². The number of nitrogens with one attached hydrogen (secondary N) is 1. The first-order valence-electron chi connectivity index (χ1n) is 9.17. The van der Waals surface area contributed by atoms with Crippen LogP contribution in [-0.4, -0.2) is 42.6 Å². The van der Waals surface area contributed by atoms with Crippen molar-refractivity contribution in [3.8, 4) is 17.2 Å². The van der Waals surface area contributed by atoms with E-state index in [1.54, 1.807) is 13.3 Å². The van der Waals surface area contributed by atoms with Gasteiger partial charge in [-0.25, -0.2) is 0 Å². The number of aryl methyl sites for hydroxylation is 1. The lowest BCUT2D eigenvalue weighted by molar-refractivity contribution is 0.0998. The van der Waals surface area contributed by atoms with E-state index in [2.05, 4.69) is 10.4 Å². The maximum atomic E-state index is 11.5. The second kappa shape index (κ2) is 7.48. The van der Waals surface area contributed by atoms with E-state index in [1.807, 2.05) is 16.8 Å². The van der Waals surface area contributed by atoms with Crippen LogP contribution in [0.1, 0.15) is 28.0 Å². The number of hydrogen-bond donors (Lipinski definition) is 2. The number of ether oxygens (including phenoxy) is 3. The summed E-state index contributed by atoms with van der Waals surface area (Å²) in [5.41, 5.74) is 8.01. The molecule has 0 saturated heterocycles. The molecular weight excluding hydrogens is 348 g/mol. The Morgan fingerprint density at radius 3 is 3.07 bits per heavy atom. The molecule has 1 amide bonds. The van der Waals surface area contributed by atoms with Crippen LogP contribution in [-0.2, 0) is 19.5 Å². The van der Waals surface area contributed by atoms with Gasteiger partial charge in [0, 0.05) is 13.1 Å². The summed E-state index contributed by atoms with van der Waals surface area (Å²) in [5, 5.41) is 7.76.